The maximum absolute atomic E-state index is 10.8. The molecule has 2 rings (SSSR count). The molecule has 0 radical (unpaired) electrons. The van der Waals surface area contributed by atoms with E-state index < -0.39 is 6.03 Å². The molecule has 0 spiro atoms. The minimum absolute atomic E-state index is 0.580. The molecule has 0 aliphatic carbocycles. The van der Waals surface area contributed by atoms with Crippen molar-refractivity contribution in [2.45, 2.75) is 0 Å². The molecule has 1 heterocycles. The minimum Gasteiger partial charge on any atom is -0.351 e. The van der Waals surface area contributed by atoms with Crippen LogP contribution in [0.25, 0.3) is 11.3 Å². The second-order valence-corrected chi connectivity index (χ2v) is 3.25. The first-order valence-electron chi connectivity index (χ1n) is 4.84. The number of carbonyl (C=O) groups excluding carboxylic acids is 1. The number of urea groups is 1. The molecular formula is C12H11N3O. The van der Waals surface area contributed by atoms with Crippen molar-refractivity contribution in [3.8, 4) is 11.3 Å². The number of nitrogens with one attached hydrogen (secondary N) is 1. The summed E-state index contributed by atoms with van der Waals surface area (Å²) >= 11 is 0. The van der Waals surface area contributed by atoms with Crippen LogP contribution < -0.4 is 11.1 Å². The summed E-state index contributed by atoms with van der Waals surface area (Å²) in [6, 6.07) is 12.4. The highest BCUT2D eigenvalue weighted by atomic mass is 16.2. The van der Waals surface area contributed by atoms with Crippen LogP contribution in [0, 0.1) is 0 Å². The summed E-state index contributed by atoms with van der Waals surface area (Å²) in [6.07, 6.45) is 1.70. The Morgan fingerprint density at radius 2 is 1.88 bits per heavy atom. The van der Waals surface area contributed by atoms with Gasteiger partial charge in [-0.1, -0.05) is 24.3 Å². The Balaban J connectivity index is 2.44. The summed E-state index contributed by atoms with van der Waals surface area (Å²) in [5.41, 5.74) is 7.41. The van der Waals surface area contributed by atoms with Gasteiger partial charge in [-0.2, -0.15) is 0 Å². The maximum Gasteiger partial charge on any atom is 0.316 e. The highest BCUT2D eigenvalue weighted by molar-refractivity contribution is 5.92. The molecule has 0 bridgehead atoms. The van der Waals surface area contributed by atoms with Crippen molar-refractivity contribution in [2.75, 3.05) is 5.32 Å². The monoisotopic (exact) mass is 213 g/mol. The maximum atomic E-state index is 10.8. The number of hydrogen-bond acceptors (Lipinski definition) is 2. The number of nitrogens with zero attached hydrogens (tertiary/aromatic N) is 1. The molecule has 4 nitrogen and oxygen atoms in total. The second-order valence-electron chi connectivity index (χ2n) is 3.25. The first kappa shape index (κ1) is 10.2. The molecule has 0 fully saturated rings. The molecule has 1 aromatic carbocycles. The third kappa shape index (κ3) is 2.17. The van der Waals surface area contributed by atoms with E-state index in [0.29, 0.717) is 5.69 Å². The highest BCUT2D eigenvalue weighted by Gasteiger charge is 2.05. The van der Waals surface area contributed by atoms with Gasteiger partial charge >= 0.3 is 6.03 Å². The van der Waals surface area contributed by atoms with Crippen molar-refractivity contribution in [1.29, 1.82) is 0 Å². The molecule has 0 aliphatic heterocycles. The number of primary amides is 1. The van der Waals surface area contributed by atoms with E-state index in [1.165, 1.54) is 0 Å². The van der Waals surface area contributed by atoms with E-state index >= 15 is 0 Å². The SMILES string of the molecule is NC(=O)Nc1ccccc1-c1ccccn1. The van der Waals surface area contributed by atoms with Crippen molar-refractivity contribution in [3.63, 3.8) is 0 Å². The van der Waals surface area contributed by atoms with Gasteiger partial charge in [-0.3, -0.25) is 4.98 Å². The predicted octanol–water partition coefficient (Wildman–Crippen LogP) is 2.24. The fraction of sp³-hybridized carbons (Fsp3) is 0. The number of aromatic nitrogens is 1. The number of pyridine rings is 1. The number of hydrogen-bond donors (Lipinski definition) is 2. The fourth-order valence-electron chi connectivity index (χ4n) is 1.47. The van der Waals surface area contributed by atoms with E-state index in [9.17, 15) is 4.79 Å². The van der Waals surface area contributed by atoms with Crippen molar-refractivity contribution < 1.29 is 4.79 Å². The molecule has 80 valence electrons. The summed E-state index contributed by atoms with van der Waals surface area (Å²) in [7, 11) is 0. The van der Waals surface area contributed by atoms with E-state index in [1.807, 2.05) is 36.4 Å². The Bertz CT molecular complexity index is 497. The number of rotatable bonds is 2. The first-order valence-corrected chi connectivity index (χ1v) is 4.84. The van der Waals surface area contributed by atoms with Crippen LogP contribution in [0.15, 0.2) is 48.7 Å². The van der Waals surface area contributed by atoms with E-state index in [-0.39, 0.29) is 0 Å². The van der Waals surface area contributed by atoms with Crippen molar-refractivity contribution >= 4 is 11.7 Å². The van der Waals surface area contributed by atoms with Gasteiger partial charge in [0.2, 0.25) is 0 Å². The first-order chi connectivity index (χ1) is 7.77. The third-order valence-electron chi connectivity index (χ3n) is 2.13. The summed E-state index contributed by atoms with van der Waals surface area (Å²) in [6.45, 7) is 0. The van der Waals surface area contributed by atoms with Gasteiger partial charge in [-0.25, -0.2) is 4.79 Å². The van der Waals surface area contributed by atoms with Crippen LogP contribution in [-0.4, -0.2) is 11.0 Å². The number of carbonyl (C=O) groups is 1. The Morgan fingerprint density at radius 1 is 1.12 bits per heavy atom. The zero-order valence-corrected chi connectivity index (χ0v) is 8.55. The fourth-order valence-corrected chi connectivity index (χ4v) is 1.47. The molecule has 4 heteroatoms. The minimum atomic E-state index is -0.580. The normalized spacial score (nSPS) is 9.75. The van der Waals surface area contributed by atoms with Gasteiger partial charge in [0, 0.05) is 11.8 Å². The van der Waals surface area contributed by atoms with Crippen LogP contribution in [-0.2, 0) is 0 Å². The van der Waals surface area contributed by atoms with Gasteiger partial charge in [0.15, 0.2) is 0 Å². The molecule has 0 atom stereocenters. The lowest BCUT2D eigenvalue weighted by atomic mass is 10.1. The average molecular weight is 213 g/mol. The lowest BCUT2D eigenvalue weighted by Gasteiger charge is -2.08. The standard InChI is InChI=1S/C12H11N3O/c13-12(16)15-11-7-2-1-5-9(11)10-6-3-4-8-14-10/h1-8H,(H3,13,15,16). The highest BCUT2D eigenvalue weighted by Crippen LogP contribution is 2.25. The van der Waals surface area contributed by atoms with E-state index in [1.54, 1.807) is 12.3 Å². The van der Waals surface area contributed by atoms with E-state index in [0.717, 1.165) is 11.3 Å². The third-order valence-corrected chi connectivity index (χ3v) is 2.13. The molecule has 1 aromatic heterocycles. The Morgan fingerprint density at radius 3 is 2.56 bits per heavy atom. The molecule has 16 heavy (non-hydrogen) atoms. The Hall–Kier alpha value is -2.36. The topological polar surface area (TPSA) is 68.0 Å². The van der Waals surface area contributed by atoms with Gasteiger partial charge in [0.25, 0.3) is 0 Å². The Labute approximate surface area is 93.1 Å². The Kier molecular flexibility index (Phi) is 2.82. The van der Waals surface area contributed by atoms with Gasteiger partial charge < -0.3 is 11.1 Å². The van der Waals surface area contributed by atoms with E-state index in [2.05, 4.69) is 10.3 Å². The molecule has 0 saturated heterocycles. The number of para-hydroxylation sites is 1. The van der Waals surface area contributed by atoms with Crippen LogP contribution in [0.5, 0.6) is 0 Å². The van der Waals surface area contributed by atoms with E-state index in [4.69, 9.17) is 5.73 Å². The molecule has 0 unspecified atom stereocenters. The van der Waals surface area contributed by atoms with Crippen LogP contribution in [0.4, 0.5) is 10.5 Å². The second kappa shape index (κ2) is 4.44. The lowest BCUT2D eigenvalue weighted by Crippen LogP contribution is -2.19. The van der Waals surface area contributed by atoms with Crippen molar-refractivity contribution in [2.24, 2.45) is 5.73 Å². The largest absolute Gasteiger partial charge is 0.351 e. The summed E-state index contributed by atoms with van der Waals surface area (Å²) in [4.78, 5) is 15.1. The molecular weight excluding hydrogens is 202 g/mol. The van der Waals surface area contributed by atoms with Crippen LogP contribution in [0.3, 0.4) is 0 Å². The zero-order valence-electron chi connectivity index (χ0n) is 8.55. The van der Waals surface area contributed by atoms with Crippen LogP contribution >= 0.6 is 0 Å². The number of nitrogens with two attached hydrogens (primary N) is 1. The summed E-state index contributed by atoms with van der Waals surface area (Å²) < 4.78 is 0. The average Bonchev–Trinajstić information content (AvgIpc) is 2.30. The number of amides is 2. The number of benzene rings is 1. The lowest BCUT2D eigenvalue weighted by molar-refractivity contribution is 0.259. The molecule has 2 aromatic rings. The molecule has 0 aliphatic rings. The van der Waals surface area contributed by atoms with Crippen molar-refractivity contribution in [3.05, 3.63) is 48.7 Å². The van der Waals surface area contributed by atoms with Crippen LogP contribution in [0.1, 0.15) is 0 Å². The van der Waals surface area contributed by atoms with Crippen LogP contribution in [0.2, 0.25) is 0 Å². The molecule has 0 saturated carbocycles. The summed E-state index contributed by atoms with van der Waals surface area (Å²) in [5.74, 6) is 0. The quantitative estimate of drug-likeness (QED) is 0.803. The number of anilines is 1. The zero-order chi connectivity index (χ0) is 11.4. The molecule has 2 amide bonds. The molecule has 3 N–H and O–H groups in total. The summed E-state index contributed by atoms with van der Waals surface area (Å²) in [5, 5.41) is 2.57. The van der Waals surface area contributed by atoms with Crippen molar-refractivity contribution in [1.82, 2.24) is 4.98 Å². The van der Waals surface area contributed by atoms with Gasteiger partial charge in [0.1, 0.15) is 0 Å². The van der Waals surface area contributed by atoms with Gasteiger partial charge in [-0.05, 0) is 18.2 Å². The van der Waals surface area contributed by atoms with Gasteiger partial charge in [0.05, 0.1) is 11.4 Å². The predicted molar refractivity (Wildman–Crippen MR) is 62.9 cm³/mol. The smallest absolute Gasteiger partial charge is 0.316 e. The van der Waals surface area contributed by atoms with Gasteiger partial charge in [-0.15, -0.1) is 0 Å².